The highest BCUT2D eigenvalue weighted by molar-refractivity contribution is 7.92. The van der Waals surface area contributed by atoms with Crippen molar-refractivity contribution in [1.82, 2.24) is 5.48 Å². The third-order valence-electron chi connectivity index (χ3n) is 5.72. The highest BCUT2D eigenvalue weighted by atomic mass is 32.2. The lowest BCUT2D eigenvalue weighted by molar-refractivity contribution is -0.152. The lowest BCUT2D eigenvalue weighted by Crippen LogP contribution is -2.30. The van der Waals surface area contributed by atoms with Gasteiger partial charge in [-0.15, -0.1) is 0 Å². The molecule has 0 spiro atoms. The van der Waals surface area contributed by atoms with Gasteiger partial charge in [-0.1, -0.05) is 12.1 Å². The van der Waals surface area contributed by atoms with Gasteiger partial charge in [-0.25, -0.2) is 13.9 Å². The van der Waals surface area contributed by atoms with Crippen LogP contribution in [0.2, 0.25) is 0 Å². The van der Waals surface area contributed by atoms with Gasteiger partial charge in [0.05, 0.1) is 35.6 Å². The number of esters is 1. The molecule has 0 aromatic heterocycles. The van der Waals surface area contributed by atoms with E-state index >= 15 is 0 Å². The molecule has 2 aromatic rings. The fourth-order valence-corrected chi connectivity index (χ4v) is 4.92. The van der Waals surface area contributed by atoms with Crippen molar-refractivity contribution >= 4 is 27.6 Å². The molecule has 2 aromatic carbocycles. The molecule has 0 bridgehead atoms. The Labute approximate surface area is 187 Å². The summed E-state index contributed by atoms with van der Waals surface area (Å²) in [6, 6.07) is 12.8. The topological polar surface area (TPSA) is 122 Å². The minimum atomic E-state index is -3.77. The van der Waals surface area contributed by atoms with Gasteiger partial charge in [0.2, 0.25) is 5.91 Å². The van der Waals surface area contributed by atoms with E-state index in [1.165, 1.54) is 30.6 Å². The number of hydrogen-bond acceptors (Lipinski definition) is 7. The number of hydrogen-bond donors (Lipinski definition) is 2. The molecule has 1 aliphatic carbocycles. The van der Waals surface area contributed by atoms with Gasteiger partial charge in [-0.3, -0.25) is 19.1 Å². The van der Waals surface area contributed by atoms with E-state index in [-0.39, 0.29) is 24.3 Å². The lowest BCUT2D eigenvalue weighted by Gasteiger charge is -2.21. The number of ether oxygens (including phenoxy) is 2. The molecule has 1 saturated carbocycles. The van der Waals surface area contributed by atoms with Crippen molar-refractivity contribution in [3.8, 4) is 5.75 Å². The molecule has 2 N–H and O–H groups in total. The molecule has 1 aliphatic rings. The fraction of sp³-hybridized carbons (Fsp3) is 0.364. The van der Waals surface area contributed by atoms with Gasteiger partial charge in [-0.05, 0) is 61.7 Å². The van der Waals surface area contributed by atoms with Gasteiger partial charge in [0.25, 0.3) is 10.0 Å². The molecule has 0 heterocycles. The predicted octanol–water partition coefficient (Wildman–Crippen LogP) is 2.14. The van der Waals surface area contributed by atoms with E-state index in [9.17, 15) is 18.0 Å². The summed E-state index contributed by atoms with van der Waals surface area (Å²) >= 11 is 0. The minimum Gasteiger partial charge on any atom is -0.497 e. The fourth-order valence-electron chi connectivity index (χ4n) is 3.73. The standard InChI is InChI=1S/C22H26N2O7S/c1-4-31-21(26)22(14-19(22)20(25)23-27)13-15-5-7-16(8-6-15)24(2)32(28,29)18-11-9-17(30-3)10-12-18/h5-12,19,27H,4,13-14H2,1-3H3,(H,23,25)/t19-,22+/m1/s1. The number of hydroxylamine groups is 1. The first kappa shape index (κ1) is 23.6. The number of nitrogens with zero attached hydrogens (tertiary/aromatic N) is 1. The number of nitrogens with one attached hydrogen (secondary N) is 1. The molecular weight excluding hydrogens is 436 g/mol. The van der Waals surface area contributed by atoms with Crippen molar-refractivity contribution in [2.75, 3.05) is 25.1 Å². The summed E-state index contributed by atoms with van der Waals surface area (Å²) < 4.78 is 37.2. The quantitative estimate of drug-likeness (QED) is 0.333. The van der Waals surface area contributed by atoms with Crippen LogP contribution in [0, 0.1) is 11.3 Å². The Morgan fingerprint density at radius 3 is 2.31 bits per heavy atom. The molecular formula is C22H26N2O7S. The Morgan fingerprint density at radius 1 is 1.16 bits per heavy atom. The van der Waals surface area contributed by atoms with E-state index in [0.29, 0.717) is 11.4 Å². The Bertz CT molecular complexity index is 1080. The smallest absolute Gasteiger partial charge is 0.313 e. The summed E-state index contributed by atoms with van der Waals surface area (Å²) in [5.41, 5.74) is 1.74. The van der Waals surface area contributed by atoms with E-state index in [4.69, 9.17) is 14.7 Å². The second-order valence-electron chi connectivity index (χ2n) is 7.60. The number of amides is 1. The summed E-state index contributed by atoms with van der Waals surface area (Å²) in [4.78, 5) is 24.5. The Kier molecular flexibility index (Phi) is 6.75. The summed E-state index contributed by atoms with van der Waals surface area (Å²) in [5, 5.41) is 8.93. The van der Waals surface area contributed by atoms with Crippen LogP contribution in [-0.4, -0.2) is 46.3 Å². The molecule has 9 nitrogen and oxygen atoms in total. The van der Waals surface area contributed by atoms with E-state index in [0.717, 1.165) is 5.56 Å². The highest BCUT2D eigenvalue weighted by Gasteiger charge is 2.64. The number of carbonyl (C=O) groups excluding carboxylic acids is 2. The second kappa shape index (κ2) is 9.17. The summed E-state index contributed by atoms with van der Waals surface area (Å²) in [7, 11) is -0.815. The molecule has 3 rings (SSSR count). The van der Waals surface area contributed by atoms with Gasteiger partial charge in [-0.2, -0.15) is 0 Å². The first-order valence-corrected chi connectivity index (χ1v) is 11.5. The zero-order valence-corrected chi connectivity index (χ0v) is 18.9. The first-order valence-electron chi connectivity index (χ1n) is 10.0. The second-order valence-corrected chi connectivity index (χ2v) is 9.57. The minimum absolute atomic E-state index is 0.127. The molecule has 0 radical (unpaired) electrons. The van der Waals surface area contributed by atoms with Crippen molar-refractivity contribution in [1.29, 1.82) is 0 Å². The van der Waals surface area contributed by atoms with Crippen molar-refractivity contribution in [3.05, 3.63) is 54.1 Å². The number of anilines is 1. The monoisotopic (exact) mass is 462 g/mol. The third kappa shape index (κ3) is 4.42. The molecule has 0 aliphatic heterocycles. The average molecular weight is 463 g/mol. The Morgan fingerprint density at radius 2 is 1.78 bits per heavy atom. The van der Waals surface area contributed by atoms with Gasteiger partial charge < -0.3 is 9.47 Å². The molecule has 172 valence electrons. The summed E-state index contributed by atoms with van der Waals surface area (Å²) in [5.74, 6) is -1.24. The van der Waals surface area contributed by atoms with Crippen LogP contribution in [0.4, 0.5) is 5.69 Å². The summed E-state index contributed by atoms with van der Waals surface area (Å²) in [6.07, 6.45) is 0.505. The maximum Gasteiger partial charge on any atom is 0.313 e. The Balaban J connectivity index is 1.79. The first-order chi connectivity index (χ1) is 15.2. The molecule has 0 unspecified atom stereocenters. The van der Waals surface area contributed by atoms with Crippen molar-refractivity contribution < 1.29 is 32.7 Å². The van der Waals surface area contributed by atoms with Gasteiger partial charge in [0.15, 0.2) is 0 Å². The molecule has 1 fully saturated rings. The number of benzene rings is 2. The van der Waals surface area contributed by atoms with Gasteiger partial charge in [0.1, 0.15) is 5.75 Å². The van der Waals surface area contributed by atoms with E-state index in [1.807, 2.05) is 0 Å². The van der Waals surface area contributed by atoms with Crippen molar-refractivity contribution in [2.24, 2.45) is 11.3 Å². The molecule has 10 heteroatoms. The van der Waals surface area contributed by atoms with Crippen LogP contribution in [0.5, 0.6) is 5.75 Å². The van der Waals surface area contributed by atoms with Crippen molar-refractivity contribution in [2.45, 2.75) is 24.7 Å². The van der Waals surface area contributed by atoms with Crippen LogP contribution in [-0.2, 0) is 30.8 Å². The molecule has 1 amide bonds. The van der Waals surface area contributed by atoms with Crippen LogP contribution in [0.1, 0.15) is 18.9 Å². The van der Waals surface area contributed by atoms with Crippen LogP contribution in [0.25, 0.3) is 0 Å². The molecule has 2 atom stereocenters. The van der Waals surface area contributed by atoms with E-state index < -0.39 is 33.2 Å². The molecule has 0 saturated heterocycles. The SMILES string of the molecule is CCOC(=O)[C@@]1(Cc2ccc(N(C)S(=O)(=O)c3ccc(OC)cc3)cc2)C[C@@H]1C(=O)NO. The van der Waals surface area contributed by atoms with Gasteiger partial charge in [0, 0.05) is 7.05 Å². The zero-order chi connectivity index (χ0) is 23.5. The van der Waals surface area contributed by atoms with Crippen LogP contribution in [0.3, 0.4) is 0 Å². The number of methoxy groups -OCH3 is 1. The van der Waals surface area contributed by atoms with Gasteiger partial charge >= 0.3 is 5.97 Å². The average Bonchev–Trinajstić information content (AvgIpc) is 3.54. The molecule has 32 heavy (non-hydrogen) atoms. The Hall–Kier alpha value is -3.11. The lowest BCUT2D eigenvalue weighted by atomic mass is 9.93. The highest BCUT2D eigenvalue weighted by Crippen LogP contribution is 2.56. The van der Waals surface area contributed by atoms with Crippen LogP contribution >= 0.6 is 0 Å². The van der Waals surface area contributed by atoms with E-state index in [1.54, 1.807) is 48.8 Å². The maximum atomic E-state index is 12.9. The van der Waals surface area contributed by atoms with E-state index in [2.05, 4.69) is 0 Å². The van der Waals surface area contributed by atoms with Crippen LogP contribution in [0.15, 0.2) is 53.4 Å². The maximum absolute atomic E-state index is 12.9. The number of sulfonamides is 1. The predicted molar refractivity (Wildman–Crippen MR) is 116 cm³/mol. The largest absolute Gasteiger partial charge is 0.497 e. The van der Waals surface area contributed by atoms with Crippen LogP contribution < -0.4 is 14.5 Å². The normalized spacial score (nSPS) is 19.7. The zero-order valence-electron chi connectivity index (χ0n) is 18.1. The summed E-state index contributed by atoms with van der Waals surface area (Å²) in [6.45, 7) is 1.87. The number of rotatable bonds is 9. The third-order valence-corrected chi connectivity index (χ3v) is 7.52. The van der Waals surface area contributed by atoms with Crippen molar-refractivity contribution in [3.63, 3.8) is 0 Å². The number of carbonyl (C=O) groups is 2.